The second-order valence-corrected chi connectivity index (χ2v) is 13.3. The molecule has 1 aliphatic rings. The maximum Gasteiger partial charge on any atom is 0.135 e. The summed E-state index contributed by atoms with van der Waals surface area (Å²) < 4.78 is 6.11. The van der Waals surface area contributed by atoms with Gasteiger partial charge in [0, 0.05) is 33.5 Å². The van der Waals surface area contributed by atoms with Gasteiger partial charge < -0.3 is 9.32 Å². The summed E-state index contributed by atoms with van der Waals surface area (Å²) in [6, 6.07) is 66.0. The molecule has 2 heteroatoms. The van der Waals surface area contributed by atoms with Crippen LogP contribution in [0.4, 0.5) is 17.1 Å². The van der Waals surface area contributed by atoms with Crippen molar-refractivity contribution in [1.29, 1.82) is 0 Å². The first-order chi connectivity index (χ1) is 24.8. The van der Waals surface area contributed by atoms with E-state index in [9.17, 15) is 0 Å². The van der Waals surface area contributed by atoms with Crippen LogP contribution in [0.2, 0.25) is 0 Å². The molecule has 0 bridgehead atoms. The number of hydrogen-bond donors (Lipinski definition) is 0. The summed E-state index contributed by atoms with van der Waals surface area (Å²) in [7, 11) is 0. The molecule has 9 aromatic rings. The van der Waals surface area contributed by atoms with Gasteiger partial charge in [-0.3, -0.25) is 0 Å². The largest absolute Gasteiger partial charge is 0.456 e. The Labute approximate surface area is 291 Å². The van der Waals surface area contributed by atoms with E-state index in [-0.39, 0.29) is 0 Å². The molecule has 0 amide bonds. The zero-order chi connectivity index (χ0) is 33.0. The lowest BCUT2D eigenvalue weighted by molar-refractivity contribution is 0.669. The Hall–Kier alpha value is -6.38. The predicted octanol–water partition coefficient (Wildman–Crippen LogP) is 13.2. The number of para-hydroxylation sites is 1. The topological polar surface area (TPSA) is 16.4 Å². The highest BCUT2D eigenvalue weighted by atomic mass is 16.3. The monoisotopic (exact) mass is 639 g/mol. The molecule has 1 aromatic heterocycles. The molecule has 8 aromatic carbocycles. The molecule has 0 radical (unpaired) electrons. The van der Waals surface area contributed by atoms with E-state index in [1.807, 2.05) is 12.1 Å². The van der Waals surface area contributed by atoms with E-state index < -0.39 is 0 Å². The molecule has 236 valence electrons. The molecule has 0 fully saturated rings. The summed E-state index contributed by atoms with van der Waals surface area (Å²) in [5, 5.41) is 4.73. The van der Waals surface area contributed by atoms with Gasteiger partial charge in [-0.15, -0.1) is 0 Å². The van der Waals surface area contributed by atoms with Gasteiger partial charge in [0.05, 0.1) is 5.69 Å². The van der Waals surface area contributed by atoms with Gasteiger partial charge in [-0.25, -0.2) is 0 Å². The minimum Gasteiger partial charge on any atom is -0.456 e. The highest BCUT2D eigenvalue weighted by Crippen LogP contribution is 2.46. The Kier molecular flexibility index (Phi) is 6.67. The third kappa shape index (κ3) is 4.72. The first-order valence-electron chi connectivity index (χ1n) is 17.4. The second-order valence-electron chi connectivity index (χ2n) is 13.3. The number of benzene rings is 8. The first-order valence-corrected chi connectivity index (χ1v) is 17.4. The molecule has 2 nitrogen and oxygen atoms in total. The summed E-state index contributed by atoms with van der Waals surface area (Å²) in [6.45, 7) is 0. The molecule has 0 aliphatic heterocycles. The summed E-state index contributed by atoms with van der Waals surface area (Å²) in [6.07, 6.45) is 0.982. The molecule has 1 heterocycles. The highest BCUT2D eigenvalue weighted by Gasteiger charge is 2.27. The van der Waals surface area contributed by atoms with Crippen LogP contribution in [0.5, 0.6) is 0 Å². The molecule has 10 rings (SSSR count). The van der Waals surface area contributed by atoms with Crippen LogP contribution in [0.25, 0.3) is 55.0 Å². The Morgan fingerprint density at radius 1 is 0.460 bits per heavy atom. The number of hydrogen-bond acceptors (Lipinski definition) is 2. The fourth-order valence-corrected chi connectivity index (χ4v) is 8.03. The lowest BCUT2D eigenvalue weighted by atomic mass is 9.75. The van der Waals surface area contributed by atoms with E-state index in [1.54, 1.807) is 0 Å². The van der Waals surface area contributed by atoms with Crippen LogP contribution in [0.3, 0.4) is 0 Å². The standard InChI is InChI=1S/C48H33NO/c1-2-11-34(12-3-1)43-30-36-23-27-38(31-44(36)41-17-7-6-16-40(41)43)49(46-19-10-14-33-13-4-5-15-39(33)46)37-25-21-32(22-26-37)35-24-28-48-45(29-35)42-18-8-9-20-47(42)50-48/h1-29,31,43H,30H2. The van der Waals surface area contributed by atoms with Crippen molar-refractivity contribution >= 4 is 49.8 Å². The van der Waals surface area contributed by atoms with E-state index in [0.29, 0.717) is 5.92 Å². The van der Waals surface area contributed by atoms with Gasteiger partial charge >= 0.3 is 0 Å². The van der Waals surface area contributed by atoms with Crippen LogP contribution in [0, 0.1) is 0 Å². The smallest absolute Gasteiger partial charge is 0.135 e. The first kappa shape index (κ1) is 28.6. The van der Waals surface area contributed by atoms with Gasteiger partial charge in [0.25, 0.3) is 0 Å². The van der Waals surface area contributed by atoms with Gasteiger partial charge in [0.1, 0.15) is 11.2 Å². The molecular formula is C48H33NO. The summed E-state index contributed by atoms with van der Waals surface area (Å²) in [4.78, 5) is 2.42. The third-order valence-electron chi connectivity index (χ3n) is 10.4. The van der Waals surface area contributed by atoms with Crippen molar-refractivity contribution in [2.24, 2.45) is 0 Å². The van der Waals surface area contributed by atoms with Crippen LogP contribution in [0.1, 0.15) is 22.6 Å². The fraction of sp³-hybridized carbons (Fsp3) is 0.0417. The van der Waals surface area contributed by atoms with Crippen LogP contribution >= 0.6 is 0 Å². The average Bonchev–Trinajstić information content (AvgIpc) is 3.56. The summed E-state index contributed by atoms with van der Waals surface area (Å²) >= 11 is 0. The van der Waals surface area contributed by atoms with Crippen molar-refractivity contribution in [3.8, 4) is 22.3 Å². The zero-order valence-electron chi connectivity index (χ0n) is 27.5. The van der Waals surface area contributed by atoms with Crippen molar-refractivity contribution < 1.29 is 4.42 Å². The van der Waals surface area contributed by atoms with Crippen molar-refractivity contribution in [2.45, 2.75) is 12.3 Å². The Balaban J connectivity index is 1.10. The maximum atomic E-state index is 6.11. The van der Waals surface area contributed by atoms with Gasteiger partial charge in [0.15, 0.2) is 0 Å². The van der Waals surface area contributed by atoms with E-state index in [0.717, 1.165) is 45.4 Å². The molecule has 1 atom stereocenters. The van der Waals surface area contributed by atoms with Gasteiger partial charge in [-0.1, -0.05) is 133 Å². The number of rotatable bonds is 5. The van der Waals surface area contributed by atoms with Crippen LogP contribution in [-0.4, -0.2) is 0 Å². The molecule has 0 N–H and O–H groups in total. The molecule has 0 saturated carbocycles. The zero-order valence-corrected chi connectivity index (χ0v) is 27.5. The van der Waals surface area contributed by atoms with Crippen LogP contribution < -0.4 is 4.90 Å². The fourth-order valence-electron chi connectivity index (χ4n) is 8.03. The molecular weight excluding hydrogens is 607 g/mol. The molecule has 1 unspecified atom stereocenters. The number of furan rings is 1. The Morgan fingerprint density at radius 3 is 2.06 bits per heavy atom. The number of nitrogens with zero attached hydrogens (tertiary/aromatic N) is 1. The second kappa shape index (κ2) is 11.6. The van der Waals surface area contributed by atoms with Crippen LogP contribution in [-0.2, 0) is 6.42 Å². The minimum absolute atomic E-state index is 0.340. The quantitative estimate of drug-likeness (QED) is 0.186. The number of anilines is 3. The summed E-state index contributed by atoms with van der Waals surface area (Å²) in [5.74, 6) is 0.340. The van der Waals surface area contributed by atoms with Crippen molar-refractivity contribution in [3.05, 3.63) is 199 Å². The van der Waals surface area contributed by atoms with E-state index in [2.05, 4.69) is 175 Å². The third-order valence-corrected chi connectivity index (χ3v) is 10.4. The van der Waals surface area contributed by atoms with Crippen molar-refractivity contribution in [1.82, 2.24) is 0 Å². The number of fused-ring (bicyclic) bond motifs is 7. The van der Waals surface area contributed by atoms with E-state index in [4.69, 9.17) is 4.42 Å². The SMILES string of the molecule is c1ccc(C2Cc3ccc(N(c4ccc(-c5ccc6oc7ccccc7c6c5)cc4)c4cccc5ccccc45)cc3-c3ccccc32)cc1. The molecule has 0 saturated heterocycles. The highest BCUT2D eigenvalue weighted by molar-refractivity contribution is 6.06. The van der Waals surface area contributed by atoms with Gasteiger partial charge in [0.2, 0.25) is 0 Å². The van der Waals surface area contributed by atoms with Crippen LogP contribution in [0.15, 0.2) is 186 Å². The van der Waals surface area contributed by atoms with Gasteiger partial charge in [-0.2, -0.15) is 0 Å². The van der Waals surface area contributed by atoms with Crippen molar-refractivity contribution in [2.75, 3.05) is 4.90 Å². The molecule has 1 aliphatic carbocycles. The van der Waals surface area contributed by atoms with E-state index in [1.165, 1.54) is 49.7 Å². The van der Waals surface area contributed by atoms with Crippen molar-refractivity contribution in [3.63, 3.8) is 0 Å². The lowest BCUT2D eigenvalue weighted by Crippen LogP contribution is -2.15. The normalized spacial score (nSPS) is 13.7. The predicted molar refractivity (Wildman–Crippen MR) is 209 cm³/mol. The Morgan fingerprint density at radius 2 is 1.16 bits per heavy atom. The minimum atomic E-state index is 0.340. The molecule has 50 heavy (non-hydrogen) atoms. The average molecular weight is 640 g/mol. The molecule has 0 spiro atoms. The van der Waals surface area contributed by atoms with E-state index >= 15 is 0 Å². The maximum absolute atomic E-state index is 6.11. The van der Waals surface area contributed by atoms with Gasteiger partial charge in [-0.05, 0) is 99.3 Å². The lowest BCUT2D eigenvalue weighted by Gasteiger charge is -2.31. The summed E-state index contributed by atoms with van der Waals surface area (Å²) in [5.41, 5.74) is 14.4. The Bertz CT molecular complexity index is 2680.